The van der Waals surface area contributed by atoms with Gasteiger partial charge < -0.3 is 10.6 Å². The first-order valence-electron chi connectivity index (χ1n) is 7.44. The van der Waals surface area contributed by atoms with Crippen molar-refractivity contribution in [2.75, 3.05) is 5.32 Å². The zero-order chi connectivity index (χ0) is 13.7. The Kier molecular flexibility index (Phi) is 2.59. The smallest absolute Gasteiger partial charge is 0.251 e. The molecule has 0 radical (unpaired) electrons. The zero-order valence-corrected chi connectivity index (χ0v) is 11.3. The van der Waals surface area contributed by atoms with E-state index in [0.717, 1.165) is 11.3 Å². The molecule has 2 saturated carbocycles. The van der Waals surface area contributed by atoms with Crippen LogP contribution in [0.2, 0.25) is 0 Å². The second-order valence-electron chi connectivity index (χ2n) is 6.27. The van der Waals surface area contributed by atoms with E-state index in [2.05, 4.69) is 10.6 Å². The number of rotatable bonds is 4. The average molecular weight is 270 g/mol. The largest absolute Gasteiger partial charge is 0.349 e. The summed E-state index contributed by atoms with van der Waals surface area (Å²) in [5, 5.41) is 6.01. The summed E-state index contributed by atoms with van der Waals surface area (Å²) in [5.74, 6) is 1.39. The van der Waals surface area contributed by atoms with Gasteiger partial charge in [0.25, 0.3) is 5.91 Å². The van der Waals surface area contributed by atoms with Crippen molar-refractivity contribution in [2.24, 2.45) is 11.8 Å². The average Bonchev–Trinajstić information content (AvgIpc) is 3.32. The molecule has 4 heteroatoms. The van der Waals surface area contributed by atoms with Gasteiger partial charge in [0.15, 0.2) is 0 Å². The lowest BCUT2D eigenvalue weighted by Gasteiger charge is -2.17. The van der Waals surface area contributed by atoms with Crippen molar-refractivity contribution in [3.8, 4) is 0 Å². The molecule has 1 aromatic carbocycles. The number of anilines is 1. The molecule has 2 amide bonds. The number of benzene rings is 1. The van der Waals surface area contributed by atoms with E-state index >= 15 is 0 Å². The molecular weight excluding hydrogens is 252 g/mol. The summed E-state index contributed by atoms with van der Waals surface area (Å²) in [5.41, 5.74) is 2.42. The third-order valence-electron chi connectivity index (χ3n) is 4.55. The van der Waals surface area contributed by atoms with Crippen LogP contribution in [0.25, 0.3) is 0 Å². The highest BCUT2D eigenvalue weighted by Gasteiger charge is 2.42. The lowest BCUT2D eigenvalue weighted by molar-refractivity contribution is -0.115. The Hall–Kier alpha value is -1.84. The molecule has 4 rings (SSSR count). The van der Waals surface area contributed by atoms with Gasteiger partial charge in [-0.2, -0.15) is 0 Å². The van der Waals surface area contributed by atoms with Gasteiger partial charge in [-0.25, -0.2) is 0 Å². The van der Waals surface area contributed by atoms with Gasteiger partial charge in [-0.15, -0.1) is 0 Å². The third-order valence-corrected chi connectivity index (χ3v) is 4.55. The predicted octanol–water partition coefficient (Wildman–Crippen LogP) is 2.10. The summed E-state index contributed by atoms with van der Waals surface area (Å²) >= 11 is 0. The second kappa shape index (κ2) is 4.33. The van der Waals surface area contributed by atoms with Gasteiger partial charge in [0.05, 0.1) is 6.42 Å². The Bertz CT molecular complexity index is 576. The minimum Gasteiger partial charge on any atom is -0.349 e. The lowest BCUT2D eigenvalue weighted by atomic mass is 10.1. The second-order valence-corrected chi connectivity index (χ2v) is 6.27. The highest BCUT2D eigenvalue weighted by Crippen LogP contribution is 2.44. The normalized spacial score (nSPS) is 20.8. The van der Waals surface area contributed by atoms with E-state index in [1.54, 1.807) is 6.07 Å². The number of amides is 2. The van der Waals surface area contributed by atoms with Crippen molar-refractivity contribution >= 4 is 17.5 Å². The van der Waals surface area contributed by atoms with E-state index in [0.29, 0.717) is 29.9 Å². The minimum atomic E-state index is -0.00208. The molecule has 0 bridgehead atoms. The molecule has 3 aliphatic rings. The van der Waals surface area contributed by atoms with Gasteiger partial charge in [0.1, 0.15) is 0 Å². The van der Waals surface area contributed by atoms with Crippen molar-refractivity contribution < 1.29 is 9.59 Å². The maximum atomic E-state index is 12.4. The van der Waals surface area contributed by atoms with Crippen molar-refractivity contribution in [2.45, 2.75) is 38.1 Å². The van der Waals surface area contributed by atoms with E-state index < -0.39 is 0 Å². The monoisotopic (exact) mass is 270 g/mol. The Morgan fingerprint density at radius 2 is 1.90 bits per heavy atom. The fraction of sp³-hybridized carbons (Fsp3) is 0.500. The van der Waals surface area contributed by atoms with Crippen molar-refractivity contribution in [3.63, 3.8) is 0 Å². The molecule has 4 nitrogen and oxygen atoms in total. The van der Waals surface area contributed by atoms with Gasteiger partial charge in [-0.1, -0.05) is 6.07 Å². The fourth-order valence-electron chi connectivity index (χ4n) is 3.12. The van der Waals surface area contributed by atoms with Crippen LogP contribution in [0, 0.1) is 11.8 Å². The minimum absolute atomic E-state index is 0.00208. The topological polar surface area (TPSA) is 58.2 Å². The van der Waals surface area contributed by atoms with Crippen LogP contribution in [-0.2, 0) is 11.2 Å². The fourth-order valence-corrected chi connectivity index (χ4v) is 3.12. The Morgan fingerprint density at radius 1 is 1.20 bits per heavy atom. The summed E-state index contributed by atoms with van der Waals surface area (Å²) < 4.78 is 0. The molecule has 2 N–H and O–H groups in total. The van der Waals surface area contributed by atoms with Gasteiger partial charge >= 0.3 is 0 Å². The van der Waals surface area contributed by atoms with Crippen LogP contribution in [0.4, 0.5) is 5.69 Å². The number of fused-ring (bicyclic) bond motifs is 1. The molecule has 0 spiro atoms. The molecular formula is C16H18N2O2. The first-order valence-corrected chi connectivity index (χ1v) is 7.44. The SMILES string of the molecule is O=C1Cc2ccc(C(=O)NC(C3CC3)C3CC3)cc2N1. The summed E-state index contributed by atoms with van der Waals surface area (Å²) in [6.45, 7) is 0. The van der Waals surface area contributed by atoms with Gasteiger partial charge in [-0.05, 0) is 55.2 Å². The lowest BCUT2D eigenvalue weighted by Crippen LogP contribution is -2.38. The number of hydrogen-bond acceptors (Lipinski definition) is 2. The maximum Gasteiger partial charge on any atom is 0.251 e. The molecule has 20 heavy (non-hydrogen) atoms. The first kappa shape index (κ1) is 11.9. The highest BCUT2D eigenvalue weighted by atomic mass is 16.2. The first-order chi connectivity index (χ1) is 9.70. The van der Waals surface area contributed by atoms with E-state index in [1.165, 1.54) is 25.7 Å². The number of carbonyl (C=O) groups excluding carboxylic acids is 2. The van der Waals surface area contributed by atoms with Crippen LogP contribution in [0.3, 0.4) is 0 Å². The standard InChI is InChI=1S/C16H18N2O2/c19-14-8-11-5-6-12(7-13(11)17-14)16(20)18-15(9-1-2-9)10-3-4-10/h5-7,9-10,15H,1-4,8H2,(H,17,19)(H,18,20). The van der Waals surface area contributed by atoms with E-state index in [1.807, 2.05) is 12.1 Å². The Labute approximate surface area is 117 Å². The van der Waals surface area contributed by atoms with Crippen LogP contribution in [0.15, 0.2) is 18.2 Å². The molecule has 0 atom stereocenters. The predicted molar refractivity (Wildman–Crippen MR) is 75.5 cm³/mol. The van der Waals surface area contributed by atoms with Crippen molar-refractivity contribution in [3.05, 3.63) is 29.3 Å². The van der Waals surface area contributed by atoms with Crippen LogP contribution in [-0.4, -0.2) is 17.9 Å². The van der Waals surface area contributed by atoms with Gasteiger partial charge in [-0.3, -0.25) is 9.59 Å². The zero-order valence-electron chi connectivity index (χ0n) is 11.3. The molecule has 2 fully saturated rings. The van der Waals surface area contributed by atoms with E-state index in [-0.39, 0.29) is 11.8 Å². The molecule has 1 heterocycles. The molecule has 0 saturated heterocycles. The van der Waals surface area contributed by atoms with Gasteiger partial charge in [0, 0.05) is 17.3 Å². The van der Waals surface area contributed by atoms with E-state index in [9.17, 15) is 9.59 Å². The van der Waals surface area contributed by atoms with Gasteiger partial charge in [0.2, 0.25) is 5.91 Å². The number of hydrogen-bond donors (Lipinski definition) is 2. The molecule has 104 valence electrons. The molecule has 1 aromatic rings. The van der Waals surface area contributed by atoms with Crippen LogP contribution in [0.1, 0.15) is 41.6 Å². The Morgan fingerprint density at radius 3 is 2.55 bits per heavy atom. The molecule has 0 unspecified atom stereocenters. The van der Waals surface area contributed by atoms with Crippen LogP contribution < -0.4 is 10.6 Å². The van der Waals surface area contributed by atoms with Crippen molar-refractivity contribution in [1.82, 2.24) is 5.32 Å². The maximum absolute atomic E-state index is 12.4. The molecule has 2 aliphatic carbocycles. The number of nitrogens with one attached hydrogen (secondary N) is 2. The van der Waals surface area contributed by atoms with E-state index in [4.69, 9.17) is 0 Å². The quantitative estimate of drug-likeness (QED) is 0.880. The number of carbonyl (C=O) groups is 2. The van der Waals surface area contributed by atoms with Crippen LogP contribution in [0.5, 0.6) is 0 Å². The van der Waals surface area contributed by atoms with Crippen LogP contribution >= 0.6 is 0 Å². The summed E-state index contributed by atoms with van der Waals surface area (Å²) in [6, 6.07) is 5.87. The third kappa shape index (κ3) is 2.19. The highest BCUT2D eigenvalue weighted by molar-refractivity contribution is 6.02. The summed E-state index contributed by atoms with van der Waals surface area (Å²) in [7, 11) is 0. The Balaban J connectivity index is 1.50. The molecule has 0 aromatic heterocycles. The summed E-state index contributed by atoms with van der Waals surface area (Å²) in [4.78, 5) is 23.7. The van der Waals surface area contributed by atoms with Crippen molar-refractivity contribution in [1.29, 1.82) is 0 Å². The summed E-state index contributed by atoms with van der Waals surface area (Å²) in [6.07, 6.45) is 5.43. The molecule has 1 aliphatic heterocycles.